The van der Waals surface area contributed by atoms with Gasteiger partial charge in [-0.1, -0.05) is 18.2 Å². The van der Waals surface area contributed by atoms with Gasteiger partial charge in [0.25, 0.3) is 0 Å². The maximum Gasteiger partial charge on any atom is 0.165 e. The number of nitrogens with zero attached hydrogens (tertiary/aromatic N) is 2. The zero-order valence-corrected chi connectivity index (χ0v) is 14.5. The van der Waals surface area contributed by atoms with E-state index in [1.807, 2.05) is 41.9 Å². The predicted octanol–water partition coefficient (Wildman–Crippen LogP) is 5.22. The van der Waals surface area contributed by atoms with Gasteiger partial charge >= 0.3 is 0 Å². The van der Waals surface area contributed by atoms with Crippen molar-refractivity contribution in [2.75, 3.05) is 0 Å². The first-order valence-electron chi connectivity index (χ1n) is 8.36. The Morgan fingerprint density at radius 1 is 0.926 bits per heavy atom. The van der Waals surface area contributed by atoms with Crippen molar-refractivity contribution in [3.63, 3.8) is 0 Å². The Hall–Kier alpha value is -3.41. The molecule has 0 amide bonds. The summed E-state index contributed by atoms with van der Waals surface area (Å²) in [6.07, 6.45) is 0. The Morgan fingerprint density at radius 2 is 1.74 bits per heavy atom. The van der Waals surface area contributed by atoms with Crippen LogP contribution in [-0.4, -0.2) is 9.55 Å². The second-order valence-corrected chi connectivity index (χ2v) is 6.02. The molecule has 0 bridgehead atoms. The fourth-order valence-electron chi connectivity index (χ4n) is 2.76. The van der Waals surface area contributed by atoms with Crippen molar-refractivity contribution in [1.82, 2.24) is 9.55 Å². The van der Waals surface area contributed by atoms with Crippen LogP contribution in [-0.2, 0) is 13.7 Å². The Morgan fingerprint density at radius 3 is 2.56 bits per heavy atom. The third-order valence-corrected chi connectivity index (χ3v) is 4.18. The molecule has 4 aromatic rings. The number of hydrogen-bond donors (Lipinski definition) is 0. The summed E-state index contributed by atoms with van der Waals surface area (Å²) in [5.41, 5.74) is 1.56. The maximum absolute atomic E-state index is 13.8. The molecule has 0 radical (unpaired) electrons. The van der Waals surface area contributed by atoms with Crippen LogP contribution in [0.1, 0.15) is 5.82 Å². The number of benzene rings is 3. The molecule has 0 fully saturated rings. The lowest BCUT2D eigenvalue weighted by atomic mass is 10.3. The summed E-state index contributed by atoms with van der Waals surface area (Å²) in [5.74, 6) is 0.541. The smallest absolute Gasteiger partial charge is 0.165 e. The number of halogens is 2. The van der Waals surface area contributed by atoms with Crippen molar-refractivity contribution in [3.05, 3.63) is 84.2 Å². The van der Waals surface area contributed by atoms with Crippen LogP contribution >= 0.6 is 0 Å². The van der Waals surface area contributed by atoms with E-state index in [1.165, 1.54) is 0 Å². The number of rotatable bonds is 5. The standard InChI is InChI=1S/C21H16F2N2O2/c1-25-19-12-16(27-20-11-14(22)7-9-17(20)23)8-10-18(19)24-21(25)13-26-15-5-3-2-4-6-15/h2-12H,13H2,1H3. The van der Waals surface area contributed by atoms with Crippen molar-refractivity contribution in [2.24, 2.45) is 7.05 Å². The Balaban J connectivity index is 1.59. The molecule has 0 spiro atoms. The summed E-state index contributed by atoms with van der Waals surface area (Å²) in [4.78, 5) is 4.56. The van der Waals surface area contributed by atoms with Crippen LogP contribution in [0.3, 0.4) is 0 Å². The molecular formula is C21H16F2N2O2. The second-order valence-electron chi connectivity index (χ2n) is 6.02. The van der Waals surface area contributed by atoms with Crippen molar-refractivity contribution in [1.29, 1.82) is 0 Å². The van der Waals surface area contributed by atoms with E-state index in [2.05, 4.69) is 4.98 Å². The van der Waals surface area contributed by atoms with Gasteiger partial charge in [-0.25, -0.2) is 13.8 Å². The van der Waals surface area contributed by atoms with Gasteiger partial charge < -0.3 is 14.0 Å². The van der Waals surface area contributed by atoms with Crippen LogP contribution in [0.2, 0.25) is 0 Å². The molecule has 0 N–H and O–H groups in total. The highest BCUT2D eigenvalue weighted by molar-refractivity contribution is 5.77. The van der Waals surface area contributed by atoms with Crippen LogP contribution in [0.15, 0.2) is 66.7 Å². The fourth-order valence-corrected chi connectivity index (χ4v) is 2.76. The highest BCUT2D eigenvalue weighted by atomic mass is 19.1. The molecular weight excluding hydrogens is 350 g/mol. The van der Waals surface area contributed by atoms with Gasteiger partial charge in [0, 0.05) is 19.2 Å². The lowest BCUT2D eigenvalue weighted by molar-refractivity contribution is 0.292. The number of ether oxygens (including phenoxy) is 2. The van der Waals surface area contributed by atoms with Crippen LogP contribution in [0.5, 0.6) is 17.2 Å². The zero-order chi connectivity index (χ0) is 18.8. The minimum Gasteiger partial charge on any atom is -0.486 e. The van der Waals surface area contributed by atoms with Crippen molar-refractivity contribution >= 4 is 11.0 Å². The van der Waals surface area contributed by atoms with E-state index in [9.17, 15) is 8.78 Å². The first-order valence-corrected chi connectivity index (χ1v) is 8.36. The molecule has 0 aliphatic carbocycles. The normalized spacial score (nSPS) is 10.9. The molecule has 136 valence electrons. The average molecular weight is 366 g/mol. The number of fused-ring (bicyclic) bond motifs is 1. The monoisotopic (exact) mass is 366 g/mol. The average Bonchev–Trinajstić information content (AvgIpc) is 2.99. The van der Waals surface area contributed by atoms with Crippen molar-refractivity contribution in [3.8, 4) is 17.2 Å². The number of hydrogen-bond acceptors (Lipinski definition) is 3. The molecule has 0 aliphatic heterocycles. The van der Waals surface area contributed by atoms with Gasteiger partial charge in [-0.3, -0.25) is 0 Å². The van der Waals surface area contributed by atoms with Gasteiger partial charge in [-0.2, -0.15) is 0 Å². The highest BCUT2D eigenvalue weighted by Gasteiger charge is 2.12. The van der Waals surface area contributed by atoms with Crippen LogP contribution in [0, 0.1) is 11.6 Å². The van der Waals surface area contributed by atoms with Gasteiger partial charge in [-0.15, -0.1) is 0 Å². The van der Waals surface area contributed by atoms with E-state index in [4.69, 9.17) is 9.47 Å². The number of aromatic nitrogens is 2. The Labute approximate surface area is 154 Å². The molecule has 0 atom stereocenters. The molecule has 0 aliphatic rings. The number of para-hydroxylation sites is 1. The lowest BCUT2D eigenvalue weighted by Crippen LogP contribution is -2.03. The number of aryl methyl sites for hydroxylation is 1. The van der Waals surface area contributed by atoms with E-state index >= 15 is 0 Å². The summed E-state index contributed by atoms with van der Waals surface area (Å²) < 4.78 is 40.2. The van der Waals surface area contributed by atoms with Crippen molar-refractivity contribution in [2.45, 2.75) is 6.61 Å². The summed E-state index contributed by atoms with van der Waals surface area (Å²) in [6.45, 7) is 0.309. The lowest BCUT2D eigenvalue weighted by Gasteiger charge is -2.08. The van der Waals surface area contributed by atoms with Crippen LogP contribution in [0.4, 0.5) is 8.78 Å². The second kappa shape index (κ2) is 7.07. The van der Waals surface area contributed by atoms with Gasteiger partial charge in [0.1, 0.15) is 29.7 Å². The first kappa shape index (κ1) is 17.0. The molecule has 27 heavy (non-hydrogen) atoms. The molecule has 0 saturated carbocycles. The largest absolute Gasteiger partial charge is 0.486 e. The van der Waals surface area contributed by atoms with E-state index < -0.39 is 11.6 Å². The Kier molecular flexibility index (Phi) is 4.46. The minimum atomic E-state index is -0.626. The Bertz CT molecular complexity index is 1090. The minimum absolute atomic E-state index is 0.163. The van der Waals surface area contributed by atoms with E-state index in [-0.39, 0.29) is 5.75 Å². The quantitative estimate of drug-likeness (QED) is 0.486. The highest BCUT2D eigenvalue weighted by Crippen LogP contribution is 2.28. The third kappa shape index (κ3) is 3.60. The molecule has 4 nitrogen and oxygen atoms in total. The molecule has 6 heteroatoms. The van der Waals surface area contributed by atoms with E-state index in [0.29, 0.717) is 12.4 Å². The summed E-state index contributed by atoms with van der Waals surface area (Å²) in [7, 11) is 1.87. The van der Waals surface area contributed by atoms with Crippen LogP contribution in [0.25, 0.3) is 11.0 Å². The predicted molar refractivity (Wildman–Crippen MR) is 97.9 cm³/mol. The summed E-state index contributed by atoms with van der Waals surface area (Å²) in [6, 6.07) is 17.8. The third-order valence-electron chi connectivity index (χ3n) is 4.18. The van der Waals surface area contributed by atoms with E-state index in [0.717, 1.165) is 40.8 Å². The SMILES string of the molecule is Cn1c(COc2ccccc2)nc2ccc(Oc3cc(F)ccc3F)cc21. The molecule has 0 unspecified atom stereocenters. The number of imidazole rings is 1. The molecule has 0 saturated heterocycles. The molecule has 1 heterocycles. The molecule has 3 aromatic carbocycles. The van der Waals surface area contributed by atoms with Crippen LogP contribution < -0.4 is 9.47 Å². The van der Waals surface area contributed by atoms with Gasteiger partial charge in [0.05, 0.1) is 11.0 Å². The maximum atomic E-state index is 13.8. The summed E-state index contributed by atoms with van der Waals surface area (Å²) in [5, 5.41) is 0. The van der Waals surface area contributed by atoms with E-state index in [1.54, 1.807) is 18.2 Å². The van der Waals surface area contributed by atoms with Crippen molar-refractivity contribution < 1.29 is 18.3 Å². The van der Waals surface area contributed by atoms with Gasteiger partial charge in [0.15, 0.2) is 11.6 Å². The fraction of sp³-hybridized carbons (Fsp3) is 0.0952. The molecule has 1 aromatic heterocycles. The first-order chi connectivity index (χ1) is 13.1. The topological polar surface area (TPSA) is 36.3 Å². The van der Waals surface area contributed by atoms with Gasteiger partial charge in [0.2, 0.25) is 0 Å². The molecule has 4 rings (SSSR count). The van der Waals surface area contributed by atoms with Gasteiger partial charge in [-0.05, 0) is 36.4 Å². The summed E-state index contributed by atoms with van der Waals surface area (Å²) >= 11 is 0. The zero-order valence-electron chi connectivity index (χ0n) is 14.5.